The normalized spacial score (nSPS) is 14.8. The highest BCUT2D eigenvalue weighted by atomic mass is 35.5. The number of hydrogen-bond donors (Lipinski definition) is 1. The number of carbonyl (C=O) groups excluding carboxylic acids is 1. The average molecular weight is 452 g/mol. The lowest BCUT2D eigenvalue weighted by Crippen LogP contribution is -2.43. The van der Waals surface area contributed by atoms with Crippen molar-refractivity contribution in [3.8, 4) is 10.9 Å². The summed E-state index contributed by atoms with van der Waals surface area (Å²) in [5, 5.41) is 4.36. The summed E-state index contributed by atoms with van der Waals surface area (Å²) in [6.07, 6.45) is 1.52. The Morgan fingerprint density at radius 1 is 1.17 bits per heavy atom. The van der Waals surface area contributed by atoms with Crippen LogP contribution in [-0.4, -0.2) is 42.2 Å². The number of thiazole rings is 1. The van der Waals surface area contributed by atoms with Gasteiger partial charge in [0.2, 0.25) is 0 Å². The van der Waals surface area contributed by atoms with Gasteiger partial charge in [-0.2, -0.15) is 0 Å². The Balaban J connectivity index is 1.32. The van der Waals surface area contributed by atoms with Crippen LogP contribution < -0.4 is 14.8 Å². The van der Waals surface area contributed by atoms with Gasteiger partial charge in [-0.15, -0.1) is 0 Å². The molecular weight excluding hydrogens is 433 g/mol. The molecule has 0 unspecified atom stereocenters. The van der Waals surface area contributed by atoms with Crippen molar-refractivity contribution in [2.75, 3.05) is 25.5 Å². The maximum atomic E-state index is 12.5. The molecule has 0 bridgehead atoms. The molecule has 0 aliphatic carbocycles. The molecule has 6 nitrogen and oxygen atoms in total. The van der Waals surface area contributed by atoms with Crippen molar-refractivity contribution >= 4 is 56.5 Å². The van der Waals surface area contributed by atoms with Gasteiger partial charge in [0.25, 0.3) is 5.19 Å². The summed E-state index contributed by atoms with van der Waals surface area (Å²) < 4.78 is 12.3. The third kappa shape index (κ3) is 4.69. The van der Waals surface area contributed by atoms with Gasteiger partial charge in [-0.3, -0.25) is 0 Å². The first-order chi connectivity index (χ1) is 14.0. The zero-order valence-electron chi connectivity index (χ0n) is 15.7. The number of fused-ring (bicyclic) bond motifs is 1. The second-order valence-electron chi connectivity index (χ2n) is 6.68. The number of amides is 2. The number of aromatic nitrogens is 1. The van der Waals surface area contributed by atoms with Crippen LogP contribution in [0.3, 0.4) is 0 Å². The van der Waals surface area contributed by atoms with Gasteiger partial charge in [-0.1, -0.05) is 34.5 Å². The van der Waals surface area contributed by atoms with Gasteiger partial charge in [-0.05, 0) is 36.4 Å². The Labute approximate surface area is 182 Å². The van der Waals surface area contributed by atoms with E-state index in [0.29, 0.717) is 34.0 Å². The average Bonchev–Trinajstić information content (AvgIpc) is 3.12. The van der Waals surface area contributed by atoms with E-state index in [4.69, 9.17) is 32.7 Å². The molecule has 2 heterocycles. The summed E-state index contributed by atoms with van der Waals surface area (Å²) in [4.78, 5) is 18.8. The van der Waals surface area contributed by atoms with Crippen LogP contribution in [0.4, 0.5) is 10.5 Å². The SMILES string of the molecule is COc1ccc2nc(OC3CCN(C(=O)Nc4ccc(Cl)c(Cl)c4)CC3)sc2c1. The predicted molar refractivity (Wildman–Crippen MR) is 117 cm³/mol. The van der Waals surface area contributed by atoms with E-state index in [1.807, 2.05) is 18.2 Å². The molecule has 4 rings (SSSR count). The van der Waals surface area contributed by atoms with Crippen molar-refractivity contribution in [1.82, 2.24) is 9.88 Å². The predicted octanol–water partition coefficient (Wildman–Crippen LogP) is 5.69. The van der Waals surface area contributed by atoms with Crippen molar-refractivity contribution in [3.05, 3.63) is 46.4 Å². The van der Waals surface area contributed by atoms with E-state index < -0.39 is 0 Å². The van der Waals surface area contributed by atoms with E-state index in [1.165, 1.54) is 11.3 Å². The number of halogens is 2. The molecule has 0 atom stereocenters. The van der Waals surface area contributed by atoms with Crippen molar-refractivity contribution in [1.29, 1.82) is 0 Å². The second kappa shape index (κ2) is 8.65. The second-order valence-corrected chi connectivity index (χ2v) is 8.48. The molecule has 1 fully saturated rings. The van der Waals surface area contributed by atoms with E-state index in [2.05, 4.69) is 10.3 Å². The van der Waals surface area contributed by atoms with E-state index in [-0.39, 0.29) is 12.1 Å². The molecule has 1 saturated heterocycles. The lowest BCUT2D eigenvalue weighted by atomic mass is 10.1. The number of anilines is 1. The summed E-state index contributed by atoms with van der Waals surface area (Å²) in [5.41, 5.74) is 1.51. The quantitative estimate of drug-likeness (QED) is 0.553. The van der Waals surface area contributed by atoms with Crippen molar-refractivity contribution in [2.24, 2.45) is 0 Å². The van der Waals surface area contributed by atoms with Gasteiger partial charge in [-0.25, -0.2) is 9.78 Å². The molecule has 1 aliphatic heterocycles. The van der Waals surface area contributed by atoms with Crippen LogP contribution in [0.1, 0.15) is 12.8 Å². The third-order valence-electron chi connectivity index (χ3n) is 4.74. The molecule has 3 aromatic rings. The summed E-state index contributed by atoms with van der Waals surface area (Å²) in [6.45, 7) is 1.22. The van der Waals surface area contributed by atoms with Crippen LogP contribution in [-0.2, 0) is 0 Å². The molecule has 0 saturated carbocycles. The fourth-order valence-electron chi connectivity index (χ4n) is 3.16. The molecule has 2 amide bonds. The smallest absolute Gasteiger partial charge is 0.321 e. The van der Waals surface area contributed by atoms with Gasteiger partial charge >= 0.3 is 6.03 Å². The number of likely N-dealkylation sites (tertiary alicyclic amines) is 1. The van der Waals surface area contributed by atoms with E-state index in [9.17, 15) is 4.79 Å². The number of nitrogens with zero attached hydrogens (tertiary/aromatic N) is 2. The zero-order valence-corrected chi connectivity index (χ0v) is 18.0. The van der Waals surface area contributed by atoms with E-state index in [1.54, 1.807) is 30.2 Å². The Bertz CT molecular complexity index is 1030. The van der Waals surface area contributed by atoms with Gasteiger partial charge in [0, 0.05) is 31.6 Å². The number of urea groups is 1. The topological polar surface area (TPSA) is 63.7 Å². The standard InChI is InChI=1S/C20H19Cl2N3O3S/c1-27-14-3-5-17-18(11-14)29-20(24-17)28-13-6-8-25(9-7-13)19(26)23-12-2-4-15(21)16(22)10-12/h2-5,10-11,13H,6-9H2,1H3,(H,23,26). The first-order valence-electron chi connectivity index (χ1n) is 9.14. The largest absolute Gasteiger partial charge is 0.497 e. The highest BCUT2D eigenvalue weighted by Crippen LogP contribution is 2.32. The minimum atomic E-state index is -0.158. The number of benzene rings is 2. The molecule has 1 N–H and O–H groups in total. The molecule has 2 aromatic carbocycles. The molecule has 1 aromatic heterocycles. The number of piperidine rings is 1. The van der Waals surface area contributed by atoms with Crippen LogP contribution in [0.15, 0.2) is 36.4 Å². The molecule has 1 aliphatic rings. The van der Waals surface area contributed by atoms with Gasteiger partial charge < -0.3 is 19.7 Å². The molecule has 0 spiro atoms. The number of ether oxygens (including phenoxy) is 2. The Morgan fingerprint density at radius 2 is 1.97 bits per heavy atom. The van der Waals surface area contributed by atoms with E-state index in [0.717, 1.165) is 28.8 Å². The number of rotatable bonds is 4. The highest BCUT2D eigenvalue weighted by molar-refractivity contribution is 7.20. The first-order valence-corrected chi connectivity index (χ1v) is 10.7. The minimum Gasteiger partial charge on any atom is -0.497 e. The van der Waals surface area contributed by atoms with Crippen molar-refractivity contribution in [2.45, 2.75) is 18.9 Å². The van der Waals surface area contributed by atoms with Crippen LogP contribution in [0.2, 0.25) is 10.0 Å². The maximum absolute atomic E-state index is 12.5. The Hall–Kier alpha value is -2.22. The number of carbonyl (C=O) groups is 1. The van der Waals surface area contributed by atoms with Gasteiger partial charge in [0.1, 0.15) is 11.9 Å². The number of nitrogens with one attached hydrogen (secondary N) is 1. The lowest BCUT2D eigenvalue weighted by Gasteiger charge is -2.31. The summed E-state index contributed by atoms with van der Waals surface area (Å²) >= 11 is 13.4. The van der Waals surface area contributed by atoms with Crippen LogP contribution in [0.25, 0.3) is 10.2 Å². The Kier molecular flexibility index (Phi) is 5.99. The monoisotopic (exact) mass is 451 g/mol. The molecule has 152 valence electrons. The minimum absolute atomic E-state index is 0.0338. The molecule has 0 radical (unpaired) electrons. The summed E-state index contributed by atoms with van der Waals surface area (Å²) in [6, 6.07) is 10.6. The number of methoxy groups -OCH3 is 1. The lowest BCUT2D eigenvalue weighted by molar-refractivity contribution is 0.115. The number of hydrogen-bond acceptors (Lipinski definition) is 5. The van der Waals surface area contributed by atoms with Crippen molar-refractivity contribution < 1.29 is 14.3 Å². The van der Waals surface area contributed by atoms with Gasteiger partial charge in [0.15, 0.2) is 0 Å². The molecule has 9 heteroatoms. The Morgan fingerprint density at radius 3 is 2.69 bits per heavy atom. The molecule has 29 heavy (non-hydrogen) atoms. The van der Waals surface area contributed by atoms with Crippen LogP contribution in [0.5, 0.6) is 10.9 Å². The van der Waals surface area contributed by atoms with Crippen LogP contribution in [0, 0.1) is 0 Å². The first kappa shape index (κ1) is 20.1. The highest BCUT2D eigenvalue weighted by Gasteiger charge is 2.25. The fourth-order valence-corrected chi connectivity index (χ4v) is 4.36. The van der Waals surface area contributed by atoms with Crippen molar-refractivity contribution in [3.63, 3.8) is 0 Å². The van der Waals surface area contributed by atoms with Gasteiger partial charge in [0.05, 0.1) is 27.4 Å². The van der Waals surface area contributed by atoms with Crippen LogP contribution >= 0.6 is 34.5 Å². The fraction of sp³-hybridized carbons (Fsp3) is 0.300. The summed E-state index contributed by atoms with van der Waals surface area (Å²) in [7, 11) is 1.64. The zero-order chi connectivity index (χ0) is 20.4. The van der Waals surface area contributed by atoms with E-state index >= 15 is 0 Å². The maximum Gasteiger partial charge on any atom is 0.321 e. The molecular formula is C20H19Cl2N3O3S. The summed E-state index contributed by atoms with van der Waals surface area (Å²) in [5.74, 6) is 0.800. The third-order valence-corrected chi connectivity index (χ3v) is 6.39.